The van der Waals surface area contributed by atoms with E-state index in [1.165, 1.54) is 18.2 Å². The minimum atomic E-state index is -4.00. The lowest BCUT2D eigenvalue weighted by Crippen LogP contribution is -2.41. The van der Waals surface area contributed by atoms with Gasteiger partial charge in [0.05, 0.1) is 10.7 Å². The molecule has 0 radical (unpaired) electrons. The second kappa shape index (κ2) is 8.65. The quantitative estimate of drug-likeness (QED) is 0.730. The summed E-state index contributed by atoms with van der Waals surface area (Å²) in [5, 5.41) is 0.0243. The highest BCUT2D eigenvalue weighted by Crippen LogP contribution is 2.28. The average molecular weight is 450 g/mol. The molecule has 2 aromatic rings. The third kappa shape index (κ3) is 4.76. The van der Waals surface area contributed by atoms with Gasteiger partial charge in [0, 0.05) is 24.6 Å². The van der Waals surface area contributed by atoms with Crippen molar-refractivity contribution in [2.75, 3.05) is 17.8 Å². The topological polar surface area (TPSA) is 110 Å². The van der Waals surface area contributed by atoms with Crippen molar-refractivity contribution in [3.05, 3.63) is 58.1 Å². The summed E-state index contributed by atoms with van der Waals surface area (Å²) >= 11 is 6.16. The molecule has 1 aliphatic rings. The van der Waals surface area contributed by atoms with E-state index in [2.05, 4.69) is 4.72 Å². The zero-order valence-corrected chi connectivity index (χ0v) is 18.4. The second-order valence-electron chi connectivity index (χ2n) is 7.54. The van der Waals surface area contributed by atoms with Crippen LogP contribution < -0.4 is 10.5 Å². The summed E-state index contributed by atoms with van der Waals surface area (Å²) in [6, 6.07) is 9.56. The first kappa shape index (κ1) is 22.1. The molecule has 9 heteroatoms. The first-order valence-corrected chi connectivity index (χ1v) is 11.4. The second-order valence-corrected chi connectivity index (χ2v) is 9.60. The van der Waals surface area contributed by atoms with E-state index in [9.17, 15) is 18.0 Å². The van der Waals surface area contributed by atoms with Gasteiger partial charge in [0.15, 0.2) is 0 Å². The van der Waals surface area contributed by atoms with Crippen LogP contribution in [0.5, 0.6) is 0 Å². The highest BCUT2D eigenvalue weighted by molar-refractivity contribution is 7.92. The number of nitrogens with one attached hydrogen (secondary N) is 1. The molecule has 1 heterocycles. The van der Waals surface area contributed by atoms with Gasteiger partial charge >= 0.3 is 0 Å². The van der Waals surface area contributed by atoms with Crippen molar-refractivity contribution >= 4 is 39.1 Å². The van der Waals surface area contributed by atoms with Crippen LogP contribution in [0.1, 0.15) is 34.3 Å². The van der Waals surface area contributed by atoms with E-state index in [1.807, 2.05) is 26.0 Å². The molecular weight excluding hydrogens is 426 g/mol. The largest absolute Gasteiger partial charge is 0.369 e. The van der Waals surface area contributed by atoms with E-state index < -0.39 is 10.0 Å². The lowest BCUT2D eigenvalue weighted by molar-refractivity contribution is -0.123. The van der Waals surface area contributed by atoms with Gasteiger partial charge in [-0.25, -0.2) is 8.42 Å². The van der Waals surface area contributed by atoms with Gasteiger partial charge in [0.1, 0.15) is 4.90 Å². The number of nitrogens with two attached hydrogens (primary N) is 1. The van der Waals surface area contributed by atoms with Crippen LogP contribution in [0.15, 0.2) is 41.3 Å². The number of nitrogens with zero attached hydrogens (tertiary/aromatic N) is 1. The molecule has 2 aromatic carbocycles. The summed E-state index contributed by atoms with van der Waals surface area (Å²) in [6.45, 7) is 4.50. The number of anilines is 1. The molecule has 0 aliphatic carbocycles. The number of piperidine rings is 1. The molecule has 7 nitrogen and oxygen atoms in total. The first-order chi connectivity index (χ1) is 14.1. The maximum absolute atomic E-state index is 13.0. The summed E-state index contributed by atoms with van der Waals surface area (Å²) in [4.78, 5) is 25.6. The monoisotopic (exact) mass is 449 g/mol. The fourth-order valence-electron chi connectivity index (χ4n) is 3.52. The molecule has 1 saturated heterocycles. The Morgan fingerprint density at radius 3 is 2.37 bits per heavy atom. The Bertz CT molecular complexity index is 1090. The lowest BCUT2D eigenvalue weighted by Gasteiger charge is -2.30. The van der Waals surface area contributed by atoms with Crippen molar-refractivity contribution in [3.8, 4) is 0 Å². The molecule has 3 N–H and O–H groups in total. The Hall–Kier alpha value is -2.58. The number of carbonyl (C=O) groups is 2. The van der Waals surface area contributed by atoms with Gasteiger partial charge in [0.2, 0.25) is 5.91 Å². The van der Waals surface area contributed by atoms with Gasteiger partial charge in [-0.3, -0.25) is 14.3 Å². The minimum Gasteiger partial charge on any atom is -0.369 e. The van der Waals surface area contributed by atoms with Crippen molar-refractivity contribution < 1.29 is 18.0 Å². The lowest BCUT2D eigenvalue weighted by atomic mass is 9.96. The highest BCUT2D eigenvalue weighted by Gasteiger charge is 2.28. The molecular formula is C21H24ClN3O4S. The highest BCUT2D eigenvalue weighted by atomic mass is 35.5. The molecule has 1 aliphatic heterocycles. The van der Waals surface area contributed by atoms with E-state index in [-0.39, 0.29) is 33.2 Å². The number of carbonyl (C=O) groups excluding carboxylic acids is 2. The Labute approximate surface area is 181 Å². The number of aryl methyl sites for hydroxylation is 2. The van der Waals surface area contributed by atoms with E-state index in [1.54, 1.807) is 11.0 Å². The molecule has 2 amide bonds. The van der Waals surface area contributed by atoms with Crippen molar-refractivity contribution in [3.63, 3.8) is 0 Å². The maximum Gasteiger partial charge on any atom is 0.263 e. The van der Waals surface area contributed by atoms with Crippen LogP contribution in [0.4, 0.5) is 5.69 Å². The van der Waals surface area contributed by atoms with Crippen LogP contribution in [0.2, 0.25) is 5.02 Å². The van der Waals surface area contributed by atoms with Gasteiger partial charge in [-0.15, -0.1) is 0 Å². The number of amides is 2. The number of sulfonamides is 1. The van der Waals surface area contributed by atoms with E-state index >= 15 is 0 Å². The number of hydrogen-bond donors (Lipinski definition) is 2. The molecule has 0 unspecified atom stereocenters. The molecule has 0 aromatic heterocycles. The van der Waals surface area contributed by atoms with Crippen molar-refractivity contribution in [2.24, 2.45) is 11.7 Å². The van der Waals surface area contributed by atoms with Crippen LogP contribution in [0.3, 0.4) is 0 Å². The summed E-state index contributed by atoms with van der Waals surface area (Å²) in [7, 11) is -4.00. The van der Waals surface area contributed by atoms with Crippen molar-refractivity contribution in [1.82, 2.24) is 4.90 Å². The molecule has 0 spiro atoms. The van der Waals surface area contributed by atoms with Gasteiger partial charge in [-0.1, -0.05) is 29.3 Å². The summed E-state index contributed by atoms with van der Waals surface area (Å²) in [5.41, 5.74) is 7.79. The van der Waals surface area contributed by atoms with Crippen LogP contribution in [-0.2, 0) is 14.8 Å². The SMILES string of the molecule is Cc1ccc(NS(=O)(=O)c2cc(C(=O)N3CCC(C(N)=O)CC3)ccc2Cl)c(C)c1. The standard InChI is InChI=1S/C21H24ClN3O4S/c1-13-3-6-18(14(2)11-13)24-30(28,29)19-12-16(4-5-17(19)22)21(27)25-9-7-15(8-10-25)20(23)26/h3-6,11-12,15,24H,7-10H2,1-2H3,(H2,23,26). The minimum absolute atomic E-state index is 0.0243. The number of halogens is 1. The van der Waals surface area contributed by atoms with Gasteiger partial charge in [0.25, 0.3) is 15.9 Å². The Balaban J connectivity index is 1.84. The zero-order chi connectivity index (χ0) is 22.1. The van der Waals surface area contributed by atoms with Crippen molar-refractivity contribution in [1.29, 1.82) is 0 Å². The van der Waals surface area contributed by atoms with Crippen LogP contribution in [-0.4, -0.2) is 38.2 Å². The van der Waals surface area contributed by atoms with E-state index in [0.29, 0.717) is 31.6 Å². The molecule has 160 valence electrons. The Morgan fingerprint density at radius 2 is 1.77 bits per heavy atom. The fourth-order valence-corrected chi connectivity index (χ4v) is 5.18. The van der Waals surface area contributed by atoms with E-state index in [4.69, 9.17) is 17.3 Å². The van der Waals surface area contributed by atoms with Gasteiger partial charge in [-0.05, 0) is 56.5 Å². The first-order valence-electron chi connectivity index (χ1n) is 9.56. The number of rotatable bonds is 5. The number of hydrogen-bond acceptors (Lipinski definition) is 4. The Morgan fingerprint density at radius 1 is 1.10 bits per heavy atom. The zero-order valence-electron chi connectivity index (χ0n) is 16.8. The van der Waals surface area contributed by atoms with Crippen molar-refractivity contribution in [2.45, 2.75) is 31.6 Å². The smallest absolute Gasteiger partial charge is 0.263 e. The third-order valence-electron chi connectivity index (χ3n) is 5.28. The summed E-state index contributed by atoms with van der Waals surface area (Å²) in [6.07, 6.45) is 0.988. The third-order valence-corrected chi connectivity index (χ3v) is 7.13. The predicted octanol–water partition coefficient (Wildman–Crippen LogP) is 3.10. The Kier molecular flexibility index (Phi) is 6.38. The summed E-state index contributed by atoms with van der Waals surface area (Å²) in [5.74, 6) is -0.908. The summed E-state index contributed by atoms with van der Waals surface area (Å²) < 4.78 is 28.5. The van der Waals surface area contributed by atoms with Gasteiger partial charge in [-0.2, -0.15) is 0 Å². The van der Waals surface area contributed by atoms with Crippen LogP contribution in [0.25, 0.3) is 0 Å². The molecule has 0 atom stereocenters. The molecule has 0 bridgehead atoms. The van der Waals surface area contributed by atoms with Crippen LogP contribution >= 0.6 is 11.6 Å². The molecule has 30 heavy (non-hydrogen) atoms. The normalized spacial score (nSPS) is 15.1. The number of likely N-dealkylation sites (tertiary alicyclic amines) is 1. The fraction of sp³-hybridized carbons (Fsp3) is 0.333. The number of benzene rings is 2. The molecule has 1 fully saturated rings. The van der Waals surface area contributed by atoms with Crippen LogP contribution in [0, 0.1) is 19.8 Å². The van der Waals surface area contributed by atoms with E-state index in [0.717, 1.165) is 11.1 Å². The molecule has 3 rings (SSSR count). The maximum atomic E-state index is 13.0. The number of primary amides is 1. The molecule has 0 saturated carbocycles. The predicted molar refractivity (Wildman–Crippen MR) is 116 cm³/mol. The van der Waals surface area contributed by atoms with Gasteiger partial charge < -0.3 is 10.6 Å². The average Bonchev–Trinajstić information content (AvgIpc) is 2.70.